The maximum atomic E-state index is 12.1. The fourth-order valence-corrected chi connectivity index (χ4v) is 2.27. The number of carbonyl (C=O) groups excluding carboxylic acids is 3. The predicted molar refractivity (Wildman–Crippen MR) is 90.9 cm³/mol. The second-order valence-electron chi connectivity index (χ2n) is 6.04. The first-order chi connectivity index (χ1) is 11.7. The molecule has 0 amide bonds. The average Bonchev–Trinajstić information content (AvgIpc) is 2.78. The van der Waals surface area contributed by atoms with Crippen molar-refractivity contribution in [2.24, 2.45) is 0 Å². The van der Waals surface area contributed by atoms with Gasteiger partial charge in [-0.1, -0.05) is 12.1 Å². The lowest BCUT2D eigenvalue weighted by molar-refractivity contribution is -0.147. The zero-order valence-corrected chi connectivity index (χ0v) is 14.6. The van der Waals surface area contributed by atoms with E-state index in [0.717, 1.165) is 5.56 Å². The van der Waals surface area contributed by atoms with Gasteiger partial charge in [0.05, 0.1) is 7.11 Å². The van der Waals surface area contributed by atoms with Crippen LogP contribution in [0.15, 0.2) is 41.5 Å². The van der Waals surface area contributed by atoms with Crippen molar-refractivity contribution < 1.29 is 28.6 Å². The van der Waals surface area contributed by atoms with E-state index in [2.05, 4.69) is 0 Å². The highest BCUT2D eigenvalue weighted by Crippen LogP contribution is 2.32. The number of ether oxygens (including phenoxy) is 3. The number of hydrogen-bond acceptors (Lipinski definition) is 6. The smallest absolute Gasteiger partial charge is 0.342 e. The van der Waals surface area contributed by atoms with Crippen LogP contribution < -0.4 is 4.74 Å². The lowest BCUT2D eigenvalue weighted by Crippen LogP contribution is -2.21. The number of methoxy groups -OCH3 is 1. The second-order valence-corrected chi connectivity index (χ2v) is 6.04. The lowest BCUT2D eigenvalue weighted by Gasteiger charge is -2.17. The monoisotopic (exact) mass is 344 g/mol. The highest BCUT2D eigenvalue weighted by atomic mass is 16.6. The molecule has 0 aliphatic carbocycles. The molecule has 0 radical (unpaired) electrons. The van der Waals surface area contributed by atoms with Gasteiger partial charge in [-0.25, -0.2) is 9.59 Å². The molecule has 25 heavy (non-hydrogen) atoms. The van der Waals surface area contributed by atoms with Crippen LogP contribution in [0.3, 0.4) is 0 Å². The largest absolute Gasteiger partial charge is 0.497 e. The van der Waals surface area contributed by atoms with Crippen LogP contribution >= 0.6 is 0 Å². The maximum Gasteiger partial charge on any atom is 0.342 e. The number of rotatable bonds is 6. The van der Waals surface area contributed by atoms with Crippen molar-refractivity contribution in [2.45, 2.75) is 26.4 Å². The molecule has 0 N–H and O–H groups in total. The van der Waals surface area contributed by atoms with Gasteiger partial charge >= 0.3 is 11.9 Å². The zero-order chi connectivity index (χ0) is 18.6. The lowest BCUT2D eigenvalue weighted by atomic mass is 9.96. The molecular weight excluding hydrogens is 324 g/mol. The van der Waals surface area contributed by atoms with E-state index in [4.69, 9.17) is 14.2 Å². The van der Waals surface area contributed by atoms with Gasteiger partial charge < -0.3 is 14.2 Å². The molecule has 1 aliphatic rings. The molecule has 1 aromatic carbocycles. The van der Waals surface area contributed by atoms with Crippen molar-refractivity contribution in [1.82, 2.24) is 0 Å². The fourth-order valence-electron chi connectivity index (χ4n) is 2.27. The van der Waals surface area contributed by atoms with Crippen molar-refractivity contribution >= 4 is 23.8 Å². The molecule has 0 saturated carbocycles. The molecule has 1 aliphatic heterocycles. The first-order valence-electron chi connectivity index (χ1n) is 7.71. The van der Waals surface area contributed by atoms with Crippen LogP contribution in [0.1, 0.15) is 26.3 Å². The van der Waals surface area contributed by atoms with E-state index in [1.54, 1.807) is 58.2 Å². The van der Waals surface area contributed by atoms with Gasteiger partial charge in [0.25, 0.3) is 0 Å². The number of hydrogen-bond donors (Lipinski definition) is 0. The van der Waals surface area contributed by atoms with Crippen molar-refractivity contribution in [3.63, 3.8) is 0 Å². The molecule has 6 nitrogen and oxygen atoms in total. The van der Waals surface area contributed by atoms with Gasteiger partial charge in [0, 0.05) is 6.08 Å². The van der Waals surface area contributed by atoms with Gasteiger partial charge in [-0.05, 0) is 50.1 Å². The third-order valence-electron chi connectivity index (χ3n) is 3.98. The number of Topliss-reactive ketones (excluding diaryl/α,β-unsaturated/α-hetero) is 1. The molecule has 0 unspecified atom stereocenters. The molecular formula is C19H20O6. The summed E-state index contributed by atoms with van der Waals surface area (Å²) in [6, 6.07) is 7.07. The second kappa shape index (κ2) is 7.34. The molecule has 1 heterocycles. The Morgan fingerprint density at radius 2 is 1.84 bits per heavy atom. The molecule has 0 spiro atoms. The Bertz CT molecular complexity index is 753. The van der Waals surface area contributed by atoms with E-state index in [1.165, 1.54) is 6.08 Å². The topological polar surface area (TPSA) is 78.9 Å². The molecule has 6 heteroatoms. The number of esters is 2. The summed E-state index contributed by atoms with van der Waals surface area (Å²) in [7, 11) is 1.57. The quantitative estimate of drug-likeness (QED) is 0.448. The van der Waals surface area contributed by atoms with Gasteiger partial charge in [0.1, 0.15) is 16.9 Å². The number of benzene rings is 1. The maximum absolute atomic E-state index is 12.1. The molecule has 132 valence electrons. The predicted octanol–water partition coefficient (Wildman–Crippen LogP) is 2.47. The van der Waals surface area contributed by atoms with Gasteiger partial charge in [0.2, 0.25) is 5.78 Å². The summed E-state index contributed by atoms with van der Waals surface area (Å²) in [4.78, 5) is 35.6. The molecule has 0 atom stereocenters. The summed E-state index contributed by atoms with van der Waals surface area (Å²) in [6.45, 7) is 4.54. The highest BCUT2D eigenvalue weighted by Gasteiger charge is 2.40. The summed E-state index contributed by atoms with van der Waals surface area (Å²) in [5.74, 6) is -1.22. The fraction of sp³-hybridized carbons (Fsp3) is 0.316. The minimum atomic E-state index is -0.819. The van der Waals surface area contributed by atoms with E-state index in [1.807, 2.05) is 0 Å². The Labute approximate surface area is 146 Å². The summed E-state index contributed by atoms with van der Waals surface area (Å²) in [6.07, 6.45) is 2.77. The molecule has 1 aromatic rings. The highest BCUT2D eigenvalue weighted by molar-refractivity contribution is 6.20. The van der Waals surface area contributed by atoms with Crippen LogP contribution in [0.25, 0.3) is 6.08 Å². The Hall–Kier alpha value is -2.89. The van der Waals surface area contributed by atoms with Crippen molar-refractivity contribution in [2.75, 3.05) is 13.7 Å². The van der Waals surface area contributed by atoms with Gasteiger partial charge in [-0.2, -0.15) is 0 Å². The van der Waals surface area contributed by atoms with Crippen LogP contribution in [-0.2, 0) is 23.9 Å². The number of ketones is 1. The number of cyclic esters (lactones) is 1. The Morgan fingerprint density at radius 1 is 1.20 bits per heavy atom. The van der Waals surface area contributed by atoms with E-state index >= 15 is 0 Å². The Kier molecular flexibility index (Phi) is 5.41. The van der Waals surface area contributed by atoms with Crippen molar-refractivity contribution in [3.8, 4) is 5.75 Å². The number of carbonyl (C=O) groups is 3. The van der Waals surface area contributed by atoms with Crippen LogP contribution in [0.2, 0.25) is 0 Å². The summed E-state index contributed by atoms with van der Waals surface area (Å²) in [5, 5.41) is 0. The standard InChI is InChI=1S/C19H20O6/c1-12-17(18(22)25-19(12,2)3)15(20)11-24-16(21)10-7-13-5-8-14(23-4)9-6-13/h5-10H,11H2,1-4H3. The van der Waals surface area contributed by atoms with E-state index in [-0.39, 0.29) is 5.57 Å². The van der Waals surface area contributed by atoms with Gasteiger partial charge in [0.15, 0.2) is 6.61 Å². The summed E-state index contributed by atoms with van der Waals surface area (Å²) >= 11 is 0. The van der Waals surface area contributed by atoms with E-state index in [9.17, 15) is 14.4 Å². The van der Waals surface area contributed by atoms with Crippen LogP contribution in [0.4, 0.5) is 0 Å². The van der Waals surface area contributed by atoms with Gasteiger partial charge in [-0.3, -0.25) is 4.79 Å². The Balaban J connectivity index is 1.93. The molecule has 0 bridgehead atoms. The summed E-state index contributed by atoms with van der Waals surface area (Å²) in [5.41, 5.74) is 0.452. The average molecular weight is 344 g/mol. The van der Waals surface area contributed by atoms with Gasteiger partial charge in [-0.15, -0.1) is 0 Å². The molecule has 2 rings (SSSR count). The van der Waals surface area contributed by atoms with E-state index < -0.39 is 29.9 Å². The normalized spacial score (nSPS) is 16.1. The van der Waals surface area contributed by atoms with Crippen molar-refractivity contribution in [3.05, 3.63) is 47.1 Å². The molecule has 0 saturated heterocycles. The third kappa shape index (κ3) is 4.35. The molecule has 0 aromatic heterocycles. The first kappa shape index (κ1) is 18.4. The SMILES string of the molecule is COc1ccc(C=CC(=O)OCC(=O)C2=C(C)C(C)(C)OC2=O)cc1. The summed E-state index contributed by atoms with van der Waals surface area (Å²) < 4.78 is 15.1. The third-order valence-corrected chi connectivity index (χ3v) is 3.98. The minimum absolute atomic E-state index is 0.0445. The van der Waals surface area contributed by atoms with Crippen LogP contribution in [0.5, 0.6) is 5.75 Å². The van der Waals surface area contributed by atoms with Crippen LogP contribution in [0, 0.1) is 0 Å². The Morgan fingerprint density at radius 3 is 2.36 bits per heavy atom. The van der Waals surface area contributed by atoms with Crippen molar-refractivity contribution in [1.29, 1.82) is 0 Å². The first-order valence-corrected chi connectivity index (χ1v) is 7.71. The minimum Gasteiger partial charge on any atom is -0.497 e. The van der Waals surface area contributed by atoms with E-state index in [0.29, 0.717) is 11.3 Å². The van der Waals surface area contributed by atoms with Crippen LogP contribution in [-0.4, -0.2) is 37.0 Å². The molecule has 0 fully saturated rings. The zero-order valence-electron chi connectivity index (χ0n) is 14.6.